The van der Waals surface area contributed by atoms with Gasteiger partial charge in [-0.2, -0.15) is 65.9 Å². The Balaban J connectivity index is 6.90. The van der Waals surface area contributed by atoms with Gasteiger partial charge in [-0.3, -0.25) is 0 Å². The Morgan fingerprint density at radius 2 is 0.690 bits per heavy atom. The Bertz CT molecular complexity index is 736. The van der Waals surface area contributed by atoms with Crippen LogP contribution in [0.3, 0.4) is 0 Å². The van der Waals surface area contributed by atoms with Crippen molar-refractivity contribution in [1.29, 1.82) is 0 Å². The van der Waals surface area contributed by atoms with Gasteiger partial charge in [-0.05, 0) is 6.92 Å². The van der Waals surface area contributed by atoms with E-state index in [1.54, 1.807) is 0 Å². The summed E-state index contributed by atoms with van der Waals surface area (Å²) in [5.41, 5.74) is 0. The predicted octanol–water partition coefficient (Wildman–Crippen LogP) is 4.33. The molecule has 0 aromatic heterocycles. The van der Waals surface area contributed by atoms with Gasteiger partial charge < -0.3 is 0 Å². The van der Waals surface area contributed by atoms with Crippen LogP contribution in [0.5, 0.6) is 0 Å². The van der Waals surface area contributed by atoms with E-state index >= 15 is 0 Å². The molecule has 0 bridgehead atoms. The lowest BCUT2D eigenvalue weighted by molar-refractivity contribution is -0.455. The van der Waals surface area contributed by atoms with Crippen molar-refractivity contribution in [3.8, 4) is 0 Å². The fourth-order valence-corrected chi connectivity index (χ4v) is 1.91. The molecule has 3 nitrogen and oxygen atoms in total. The SMILES string of the molecule is CC(F)(C(F)(F)C(F)(F)C(F)(F)C(F)(F)C(F)(F)C(F)(F)C(F)(F)F)S(N)(=O)=O. The highest BCUT2D eigenvalue weighted by molar-refractivity contribution is 7.90. The second-order valence-electron chi connectivity index (χ2n) is 5.41. The number of sulfonamides is 1. The normalized spacial score (nSPS) is 18.6. The minimum atomic E-state index is -8.65. The minimum absolute atomic E-state index is 1.22. The van der Waals surface area contributed by atoms with Crippen LogP contribution in [-0.2, 0) is 10.0 Å². The molecule has 0 amide bonds. The van der Waals surface area contributed by atoms with Crippen LogP contribution in [0.25, 0.3) is 0 Å². The van der Waals surface area contributed by atoms with E-state index in [-0.39, 0.29) is 0 Å². The topological polar surface area (TPSA) is 60.2 Å². The predicted molar refractivity (Wildman–Crippen MR) is 58.4 cm³/mol. The molecule has 2 N–H and O–H groups in total. The van der Waals surface area contributed by atoms with E-state index in [1.807, 2.05) is 0 Å². The highest BCUT2D eigenvalue weighted by Gasteiger charge is 2.95. The van der Waals surface area contributed by atoms with E-state index in [1.165, 1.54) is 0 Å². The van der Waals surface area contributed by atoms with Crippen LogP contribution >= 0.6 is 0 Å². The van der Waals surface area contributed by atoms with Crippen LogP contribution in [-0.4, -0.2) is 55.1 Å². The Kier molecular flexibility index (Phi) is 6.13. The van der Waals surface area contributed by atoms with Gasteiger partial charge in [0.05, 0.1) is 0 Å². The molecular formula is C9H5F16NO2S. The van der Waals surface area contributed by atoms with Crippen LogP contribution < -0.4 is 5.14 Å². The van der Waals surface area contributed by atoms with Gasteiger partial charge in [0, 0.05) is 0 Å². The smallest absolute Gasteiger partial charge is 0.226 e. The maximum absolute atomic E-state index is 13.5. The molecule has 0 radical (unpaired) electrons. The van der Waals surface area contributed by atoms with Gasteiger partial charge in [0.25, 0.3) is 15.0 Å². The van der Waals surface area contributed by atoms with Gasteiger partial charge in [0.1, 0.15) is 0 Å². The third-order valence-electron chi connectivity index (χ3n) is 3.42. The summed E-state index contributed by atoms with van der Waals surface area (Å²) in [4.78, 5) is 0. The highest BCUT2D eigenvalue weighted by Crippen LogP contribution is 2.63. The molecule has 0 aliphatic carbocycles. The molecule has 20 heteroatoms. The van der Waals surface area contributed by atoms with Crippen molar-refractivity contribution >= 4 is 10.0 Å². The summed E-state index contributed by atoms with van der Waals surface area (Å²) < 4.78 is 227. The van der Waals surface area contributed by atoms with E-state index < -0.39 is 63.7 Å². The molecule has 0 rings (SSSR count). The van der Waals surface area contributed by atoms with Crippen LogP contribution in [0.15, 0.2) is 0 Å². The van der Waals surface area contributed by atoms with Crippen molar-refractivity contribution in [3.05, 3.63) is 0 Å². The molecule has 0 saturated carbocycles. The average Bonchev–Trinajstić information content (AvgIpc) is 2.43. The molecule has 0 fully saturated rings. The highest BCUT2D eigenvalue weighted by atomic mass is 32.2. The zero-order chi connectivity index (χ0) is 24.5. The molecule has 1 unspecified atom stereocenters. The number of hydrogen-bond donors (Lipinski definition) is 1. The maximum Gasteiger partial charge on any atom is 0.460 e. The Morgan fingerprint density at radius 1 is 0.483 bits per heavy atom. The fourth-order valence-electron chi connectivity index (χ4n) is 1.43. The first-order chi connectivity index (χ1) is 12.0. The Hall–Kier alpha value is -1.21. The summed E-state index contributed by atoms with van der Waals surface area (Å²) in [5, 5.41) is -2.43. The summed E-state index contributed by atoms with van der Waals surface area (Å²) in [6, 6.07) is 0. The van der Waals surface area contributed by atoms with Crippen molar-refractivity contribution in [1.82, 2.24) is 0 Å². The minimum Gasteiger partial charge on any atom is -0.226 e. The molecule has 29 heavy (non-hydrogen) atoms. The van der Waals surface area contributed by atoms with Crippen molar-refractivity contribution < 1.29 is 78.7 Å². The second kappa shape index (κ2) is 6.39. The molecule has 1 atom stereocenters. The molecule has 0 spiro atoms. The average molecular weight is 495 g/mol. The number of halogens is 16. The van der Waals surface area contributed by atoms with Gasteiger partial charge in [-0.25, -0.2) is 17.9 Å². The number of nitrogens with two attached hydrogens (primary N) is 1. The van der Waals surface area contributed by atoms with Crippen LogP contribution in [0.4, 0.5) is 70.2 Å². The molecule has 0 aliphatic heterocycles. The molecule has 0 aromatic carbocycles. The molecule has 0 heterocycles. The number of rotatable bonds is 7. The first-order valence-corrected chi connectivity index (χ1v) is 7.59. The summed E-state index contributed by atoms with van der Waals surface area (Å²) >= 11 is 0. The van der Waals surface area contributed by atoms with Gasteiger partial charge in [-0.1, -0.05) is 0 Å². The summed E-state index contributed by atoms with van der Waals surface area (Å²) in [6.07, 6.45) is -7.79. The lowest BCUT2D eigenvalue weighted by Gasteiger charge is -2.43. The maximum atomic E-state index is 13.5. The largest absolute Gasteiger partial charge is 0.460 e. The standard InChI is InChI=1S/C9H5F16NO2S/c1-2(10,29(26,27)28)3(11,12)4(13,14)5(15,16)6(17,18)7(19,20)8(21,22)9(23,24)25/h1H3,(H2,26,27,28). The third kappa shape index (κ3) is 3.29. The summed E-state index contributed by atoms with van der Waals surface area (Å²) in [7, 11) is -6.73. The zero-order valence-corrected chi connectivity index (χ0v) is 13.7. The van der Waals surface area contributed by atoms with Crippen molar-refractivity contribution in [2.24, 2.45) is 5.14 Å². The summed E-state index contributed by atoms with van der Waals surface area (Å²) in [5.74, 6) is -49.9. The lowest BCUT2D eigenvalue weighted by atomic mass is 9.90. The lowest BCUT2D eigenvalue weighted by Crippen LogP contribution is -2.75. The molecule has 0 saturated heterocycles. The van der Waals surface area contributed by atoms with E-state index in [4.69, 9.17) is 0 Å². The second-order valence-corrected chi connectivity index (χ2v) is 7.26. The van der Waals surface area contributed by atoms with Crippen LogP contribution in [0, 0.1) is 0 Å². The van der Waals surface area contributed by atoms with Crippen LogP contribution in [0.1, 0.15) is 6.92 Å². The Labute approximate surface area is 148 Å². The zero-order valence-electron chi connectivity index (χ0n) is 12.8. The van der Waals surface area contributed by atoms with E-state index in [0.29, 0.717) is 0 Å². The van der Waals surface area contributed by atoms with Gasteiger partial charge in [0.15, 0.2) is 0 Å². The van der Waals surface area contributed by atoms with E-state index in [0.717, 1.165) is 0 Å². The first kappa shape index (κ1) is 27.8. The summed E-state index contributed by atoms with van der Waals surface area (Å²) in [6.45, 7) is -1.22. The van der Waals surface area contributed by atoms with E-state index in [9.17, 15) is 78.7 Å². The quantitative estimate of drug-likeness (QED) is 0.535. The fraction of sp³-hybridized carbons (Fsp3) is 1.00. The first-order valence-electron chi connectivity index (χ1n) is 6.05. The van der Waals surface area contributed by atoms with Crippen LogP contribution in [0.2, 0.25) is 0 Å². The van der Waals surface area contributed by atoms with Crippen molar-refractivity contribution in [2.75, 3.05) is 0 Å². The molecule has 176 valence electrons. The number of primary sulfonamides is 1. The number of hydrogen-bond acceptors (Lipinski definition) is 2. The van der Waals surface area contributed by atoms with E-state index in [2.05, 4.69) is 5.14 Å². The van der Waals surface area contributed by atoms with Gasteiger partial charge in [-0.15, -0.1) is 0 Å². The third-order valence-corrected chi connectivity index (χ3v) is 4.75. The molecular weight excluding hydrogens is 490 g/mol. The molecule has 0 aliphatic rings. The van der Waals surface area contributed by atoms with Gasteiger partial charge >= 0.3 is 41.7 Å². The van der Waals surface area contributed by atoms with Crippen molar-refractivity contribution in [3.63, 3.8) is 0 Å². The number of alkyl halides is 16. The van der Waals surface area contributed by atoms with Crippen molar-refractivity contribution in [2.45, 2.75) is 53.6 Å². The molecule has 0 aromatic rings. The monoisotopic (exact) mass is 495 g/mol. The Morgan fingerprint density at radius 3 is 0.897 bits per heavy atom. The van der Waals surface area contributed by atoms with Gasteiger partial charge in [0.2, 0.25) is 0 Å².